The van der Waals surface area contributed by atoms with Crippen LogP contribution in [0.15, 0.2) is 30.3 Å². The molecule has 66 valence electrons. The first-order chi connectivity index (χ1) is 5.75. The van der Waals surface area contributed by atoms with Crippen molar-refractivity contribution in [2.45, 2.75) is 32.3 Å². The van der Waals surface area contributed by atoms with Crippen LogP contribution in [0.4, 0.5) is 0 Å². The molecule has 0 spiro atoms. The second-order valence-corrected chi connectivity index (χ2v) is 3.17. The van der Waals surface area contributed by atoms with E-state index in [0.29, 0.717) is 0 Å². The van der Waals surface area contributed by atoms with Crippen LogP contribution < -0.4 is 0 Å². The third kappa shape index (κ3) is 2.08. The number of rotatable bonds is 3. The van der Waals surface area contributed by atoms with E-state index in [2.05, 4.69) is 19.1 Å². The van der Waals surface area contributed by atoms with Crippen LogP contribution in [-0.4, -0.2) is 11.2 Å². The highest BCUT2D eigenvalue weighted by Gasteiger charge is 2.13. The molecule has 1 aromatic rings. The average molecular weight is 164 g/mol. The number of aliphatic hydroxyl groups excluding tert-OH is 1. The van der Waals surface area contributed by atoms with Gasteiger partial charge in [0.05, 0.1) is 6.10 Å². The molecule has 1 aromatic carbocycles. The first-order valence-electron chi connectivity index (χ1n) is 4.48. The summed E-state index contributed by atoms with van der Waals surface area (Å²) in [6, 6.07) is 10.2. The van der Waals surface area contributed by atoms with Gasteiger partial charge in [-0.1, -0.05) is 37.3 Å². The van der Waals surface area contributed by atoms with Gasteiger partial charge < -0.3 is 5.11 Å². The number of hydrogen-bond donors (Lipinski definition) is 1. The molecule has 0 fully saturated rings. The zero-order valence-corrected chi connectivity index (χ0v) is 7.70. The molecule has 1 heteroatoms. The normalized spacial score (nSPS) is 15.6. The minimum atomic E-state index is -0.252. The van der Waals surface area contributed by atoms with Gasteiger partial charge in [0.2, 0.25) is 0 Å². The molecule has 1 N–H and O–H groups in total. The van der Waals surface area contributed by atoms with Crippen LogP contribution in [0.25, 0.3) is 0 Å². The van der Waals surface area contributed by atoms with Crippen molar-refractivity contribution < 1.29 is 5.11 Å². The molecular weight excluding hydrogens is 148 g/mol. The number of hydrogen-bond acceptors (Lipinski definition) is 1. The van der Waals surface area contributed by atoms with Crippen molar-refractivity contribution in [1.82, 2.24) is 0 Å². The fourth-order valence-corrected chi connectivity index (χ4v) is 1.56. The van der Waals surface area contributed by atoms with E-state index < -0.39 is 0 Å². The summed E-state index contributed by atoms with van der Waals surface area (Å²) in [5, 5.41) is 9.47. The van der Waals surface area contributed by atoms with Gasteiger partial charge in [0.1, 0.15) is 0 Å². The van der Waals surface area contributed by atoms with Crippen molar-refractivity contribution in [3.8, 4) is 0 Å². The Balaban J connectivity index is 2.80. The zero-order chi connectivity index (χ0) is 8.97. The molecule has 0 saturated carbocycles. The van der Waals surface area contributed by atoms with Crippen LogP contribution in [0.1, 0.15) is 31.7 Å². The van der Waals surface area contributed by atoms with E-state index in [9.17, 15) is 5.11 Å². The second kappa shape index (κ2) is 4.27. The molecule has 0 bridgehead atoms. The topological polar surface area (TPSA) is 20.2 Å². The molecule has 0 radical (unpaired) electrons. The molecule has 1 unspecified atom stereocenters. The second-order valence-electron chi connectivity index (χ2n) is 3.17. The van der Waals surface area contributed by atoms with Crippen LogP contribution in [0.2, 0.25) is 0 Å². The predicted octanol–water partition coefficient (Wildman–Crippen LogP) is 2.56. The van der Waals surface area contributed by atoms with Gasteiger partial charge in [-0.25, -0.2) is 0 Å². The lowest BCUT2D eigenvalue weighted by Crippen LogP contribution is -2.13. The Labute approximate surface area is 74.1 Å². The standard InChI is InChI=1S/C11H16O/c1-3-11(9(2)12)10-7-5-4-6-8-10/h4-9,11-12H,3H2,1-2H3/t9-,11?/m0/s1. The van der Waals surface area contributed by atoms with Crippen LogP contribution in [-0.2, 0) is 0 Å². The van der Waals surface area contributed by atoms with Crippen LogP contribution in [0, 0.1) is 0 Å². The van der Waals surface area contributed by atoms with E-state index in [0.717, 1.165) is 6.42 Å². The van der Waals surface area contributed by atoms with Gasteiger partial charge in [-0.05, 0) is 18.9 Å². The molecular formula is C11H16O. The van der Waals surface area contributed by atoms with Gasteiger partial charge in [0.25, 0.3) is 0 Å². The average Bonchev–Trinajstić information content (AvgIpc) is 2.07. The summed E-state index contributed by atoms with van der Waals surface area (Å²) < 4.78 is 0. The lowest BCUT2D eigenvalue weighted by Gasteiger charge is -2.17. The molecule has 0 saturated heterocycles. The summed E-state index contributed by atoms with van der Waals surface area (Å²) in [4.78, 5) is 0. The van der Waals surface area contributed by atoms with Gasteiger partial charge in [-0.15, -0.1) is 0 Å². The fraction of sp³-hybridized carbons (Fsp3) is 0.455. The highest BCUT2D eigenvalue weighted by molar-refractivity contribution is 5.20. The van der Waals surface area contributed by atoms with Gasteiger partial charge in [0, 0.05) is 5.92 Å². The summed E-state index contributed by atoms with van der Waals surface area (Å²) in [5.74, 6) is 0.284. The summed E-state index contributed by atoms with van der Waals surface area (Å²) in [5.41, 5.74) is 1.23. The lowest BCUT2D eigenvalue weighted by molar-refractivity contribution is 0.160. The quantitative estimate of drug-likeness (QED) is 0.728. The first-order valence-corrected chi connectivity index (χ1v) is 4.48. The molecule has 0 aliphatic rings. The van der Waals surface area contributed by atoms with Gasteiger partial charge in [0.15, 0.2) is 0 Å². The Morgan fingerprint density at radius 1 is 1.25 bits per heavy atom. The van der Waals surface area contributed by atoms with E-state index in [1.165, 1.54) is 5.56 Å². The van der Waals surface area contributed by atoms with Crippen molar-refractivity contribution in [2.75, 3.05) is 0 Å². The molecule has 2 atom stereocenters. The smallest absolute Gasteiger partial charge is 0.0580 e. The van der Waals surface area contributed by atoms with Gasteiger partial charge in [-0.3, -0.25) is 0 Å². The van der Waals surface area contributed by atoms with Crippen LogP contribution in [0.5, 0.6) is 0 Å². The molecule has 1 nitrogen and oxygen atoms in total. The Hall–Kier alpha value is -0.820. The predicted molar refractivity (Wildman–Crippen MR) is 51.2 cm³/mol. The molecule has 1 rings (SSSR count). The van der Waals surface area contributed by atoms with Crippen molar-refractivity contribution in [3.05, 3.63) is 35.9 Å². The maximum Gasteiger partial charge on any atom is 0.0580 e. The summed E-state index contributed by atoms with van der Waals surface area (Å²) >= 11 is 0. The van der Waals surface area contributed by atoms with Crippen molar-refractivity contribution in [3.63, 3.8) is 0 Å². The molecule has 0 aliphatic heterocycles. The SMILES string of the molecule is CCC(c1ccccc1)[C@H](C)O. The molecule has 12 heavy (non-hydrogen) atoms. The molecule has 0 amide bonds. The highest BCUT2D eigenvalue weighted by Crippen LogP contribution is 2.22. The van der Waals surface area contributed by atoms with E-state index in [1.807, 2.05) is 25.1 Å². The largest absolute Gasteiger partial charge is 0.393 e. The van der Waals surface area contributed by atoms with Crippen LogP contribution >= 0.6 is 0 Å². The molecule has 0 aliphatic carbocycles. The Morgan fingerprint density at radius 2 is 1.83 bits per heavy atom. The van der Waals surface area contributed by atoms with E-state index in [-0.39, 0.29) is 12.0 Å². The summed E-state index contributed by atoms with van der Waals surface area (Å²) in [7, 11) is 0. The van der Waals surface area contributed by atoms with Gasteiger partial charge in [-0.2, -0.15) is 0 Å². The van der Waals surface area contributed by atoms with Crippen LogP contribution in [0.3, 0.4) is 0 Å². The van der Waals surface area contributed by atoms with Crippen molar-refractivity contribution >= 4 is 0 Å². The van der Waals surface area contributed by atoms with Crippen molar-refractivity contribution in [1.29, 1.82) is 0 Å². The minimum absolute atomic E-state index is 0.252. The lowest BCUT2D eigenvalue weighted by atomic mass is 9.92. The van der Waals surface area contributed by atoms with E-state index in [1.54, 1.807) is 0 Å². The summed E-state index contributed by atoms with van der Waals surface area (Å²) in [6.45, 7) is 3.95. The highest BCUT2D eigenvalue weighted by atomic mass is 16.3. The van der Waals surface area contributed by atoms with E-state index >= 15 is 0 Å². The summed E-state index contributed by atoms with van der Waals surface area (Å²) in [6.07, 6.45) is 0.735. The van der Waals surface area contributed by atoms with E-state index in [4.69, 9.17) is 0 Å². The number of aliphatic hydroxyl groups is 1. The van der Waals surface area contributed by atoms with Crippen molar-refractivity contribution in [2.24, 2.45) is 0 Å². The fourth-order valence-electron chi connectivity index (χ4n) is 1.56. The monoisotopic (exact) mass is 164 g/mol. The number of benzene rings is 1. The maximum atomic E-state index is 9.47. The van der Waals surface area contributed by atoms with Gasteiger partial charge >= 0.3 is 0 Å². The molecule has 0 heterocycles. The zero-order valence-electron chi connectivity index (χ0n) is 7.70. The Morgan fingerprint density at radius 3 is 2.25 bits per heavy atom. The minimum Gasteiger partial charge on any atom is -0.393 e. The molecule has 0 aromatic heterocycles. The third-order valence-corrected chi connectivity index (χ3v) is 2.25. The maximum absolute atomic E-state index is 9.47. The Kier molecular flexibility index (Phi) is 3.30. The Bertz CT molecular complexity index is 216. The third-order valence-electron chi connectivity index (χ3n) is 2.25. The first kappa shape index (κ1) is 9.27.